The van der Waals surface area contributed by atoms with Crippen molar-refractivity contribution in [2.24, 2.45) is 11.8 Å². The van der Waals surface area contributed by atoms with Crippen molar-refractivity contribution >= 4 is 11.7 Å². The van der Waals surface area contributed by atoms with Crippen molar-refractivity contribution in [3.8, 4) is 0 Å². The van der Waals surface area contributed by atoms with E-state index in [1.165, 1.54) is 25.7 Å². The number of carbonyl (C=O) groups excluding carboxylic acids is 1. The number of amides is 1. The van der Waals surface area contributed by atoms with Crippen LogP contribution in [-0.2, 0) is 11.3 Å². The fourth-order valence-electron chi connectivity index (χ4n) is 4.13. The number of nitrogens with two attached hydrogens (primary N) is 1. The maximum absolute atomic E-state index is 12.6. The molecule has 2 atom stereocenters. The number of rotatable bonds is 5. The fourth-order valence-corrected chi connectivity index (χ4v) is 4.13. The van der Waals surface area contributed by atoms with Gasteiger partial charge >= 0.3 is 0 Å². The molecule has 0 bridgehead atoms. The Bertz CT molecular complexity index is 580. The van der Waals surface area contributed by atoms with Crippen LogP contribution in [-0.4, -0.2) is 69.9 Å². The summed E-state index contributed by atoms with van der Waals surface area (Å²) in [5.41, 5.74) is 6.71. The molecule has 7 nitrogen and oxygen atoms in total. The lowest BCUT2D eigenvalue weighted by molar-refractivity contribution is -0.131. The van der Waals surface area contributed by atoms with Crippen molar-refractivity contribution < 1.29 is 9.90 Å². The molecule has 3 rings (SSSR count). The molecule has 0 aliphatic carbocycles. The van der Waals surface area contributed by atoms with Gasteiger partial charge in [0, 0.05) is 38.2 Å². The monoisotopic (exact) mass is 349 g/mol. The van der Waals surface area contributed by atoms with Crippen LogP contribution in [0.5, 0.6) is 0 Å². The Morgan fingerprint density at radius 2 is 1.92 bits per heavy atom. The number of aliphatic hydroxyl groups is 1. The molecule has 0 aromatic carbocycles. The average molecular weight is 349 g/mol. The van der Waals surface area contributed by atoms with Crippen LogP contribution in [0.15, 0.2) is 6.07 Å². The highest BCUT2D eigenvalue weighted by molar-refractivity contribution is 5.76. The molecule has 1 aromatic heterocycles. The number of likely N-dealkylation sites (tertiary alicyclic amines) is 2. The summed E-state index contributed by atoms with van der Waals surface area (Å²) < 4.78 is 1.56. The summed E-state index contributed by atoms with van der Waals surface area (Å²) in [6.45, 7) is 6.82. The van der Waals surface area contributed by atoms with E-state index in [2.05, 4.69) is 10.00 Å². The second-order valence-electron chi connectivity index (χ2n) is 7.58. The normalized spacial score (nSPS) is 25.3. The molecule has 140 valence electrons. The zero-order valence-corrected chi connectivity index (χ0v) is 15.2. The van der Waals surface area contributed by atoms with Crippen LogP contribution in [0.3, 0.4) is 0 Å². The lowest BCUT2D eigenvalue weighted by Gasteiger charge is -2.26. The molecule has 0 radical (unpaired) electrons. The first kappa shape index (κ1) is 18.2. The third kappa shape index (κ3) is 4.52. The highest BCUT2D eigenvalue weighted by Gasteiger charge is 2.35. The molecule has 1 amide bonds. The van der Waals surface area contributed by atoms with E-state index in [-0.39, 0.29) is 25.0 Å². The van der Waals surface area contributed by atoms with Gasteiger partial charge in [0.1, 0.15) is 12.4 Å². The first-order valence-electron chi connectivity index (χ1n) is 9.47. The van der Waals surface area contributed by atoms with Crippen LogP contribution < -0.4 is 5.73 Å². The second kappa shape index (κ2) is 8.19. The highest BCUT2D eigenvalue weighted by Crippen LogP contribution is 2.25. The number of anilines is 1. The van der Waals surface area contributed by atoms with Gasteiger partial charge in [-0.25, -0.2) is 4.68 Å². The SMILES string of the molecule is Cc1cc(N)n(CC(=O)N2C[C@@H](CN3CCCCCC3)[C@@H](CO)C2)n1. The Hall–Kier alpha value is -1.60. The number of nitrogens with zero attached hydrogens (tertiary/aromatic N) is 4. The van der Waals surface area contributed by atoms with Crippen LogP contribution in [0, 0.1) is 18.8 Å². The van der Waals surface area contributed by atoms with Crippen LogP contribution >= 0.6 is 0 Å². The zero-order chi connectivity index (χ0) is 17.8. The van der Waals surface area contributed by atoms with E-state index in [1.807, 2.05) is 11.8 Å². The van der Waals surface area contributed by atoms with Crippen LogP contribution in [0.25, 0.3) is 0 Å². The molecule has 0 unspecified atom stereocenters. The molecule has 1 aromatic rings. The fraction of sp³-hybridized carbons (Fsp3) is 0.778. The molecule has 2 saturated heterocycles. The van der Waals surface area contributed by atoms with Crippen molar-refractivity contribution in [1.29, 1.82) is 0 Å². The maximum atomic E-state index is 12.6. The summed E-state index contributed by atoms with van der Waals surface area (Å²) in [5, 5.41) is 14.0. The third-order valence-corrected chi connectivity index (χ3v) is 5.57. The lowest BCUT2D eigenvalue weighted by Crippen LogP contribution is -2.35. The first-order chi connectivity index (χ1) is 12.1. The standard InChI is InChI=1S/C18H31N5O2/c1-14-8-17(19)23(20-14)12-18(25)22-10-15(16(11-22)13-24)9-21-6-4-2-3-5-7-21/h8,15-16,24H,2-7,9-13,19H2,1H3/t15-,16-/m1/s1. The molecular weight excluding hydrogens is 318 g/mol. The Labute approximate surface area is 149 Å². The van der Waals surface area contributed by atoms with E-state index in [1.54, 1.807) is 10.7 Å². The number of hydrogen-bond acceptors (Lipinski definition) is 5. The highest BCUT2D eigenvalue weighted by atomic mass is 16.3. The molecule has 3 N–H and O–H groups in total. The molecular formula is C18H31N5O2. The average Bonchev–Trinajstić information content (AvgIpc) is 3.00. The Morgan fingerprint density at radius 1 is 1.24 bits per heavy atom. The van der Waals surface area contributed by atoms with Gasteiger partial charge in [-0.2, -0.15) is 5.10 Å². The van der Waals surface area contributed by atoms with Gasteiger partial charge in [0.25, 0.3) is 0 Å². The second-order valence-corrected chi connectivity index (χ2v) is 7.58. The summed E-state index contributed by atoms with van der Waals surface area (Å²) in [5.74, 6) is 1.07. The first-order valence-corrected chi connectivity index (χ1v) is 9.47. The minimum absolute atomic E-state index is 0.0339. The van der Waals surface area contributed by atoms with Crippen molar-refractivity contribution in [3.05, 3.63) is 11.8 Å². The van der Waals surface area contributed by atoms with Gasteiger partial charge < -0.3 is 20.6 Å². The summed E-state index contributed by atoms with van der Waals surface area (Å²) in [6, 6.07) is 1.77. The van der Waals surface area contributed by atoms with E-state index < -0.39 is 0 Å². The van der Waals surface area contributed by atoms with E-state index in [4.69, 9.17) is 5.73 Å². The van der Waals surface area contributed by atoms with Gasteiger partial charge in [0.2, 0.25) is 5.91 Å². The minimum Gasteiger partial charge on any atom is -0.396 e. The molecule has 25 heavy (non-hydrogen) atoms. The van der Waals surface area contributed by atoms with E-state index in [0.29, 0.717) is 18.3 Å². The summed E-state index contributed by atoms with van der Waals surface area (Å²) in [4.78, 5) is 17.0. The topological polar surface area (TPSA) is 87.6 Å². The summed E-state index contributed by atoms with van der Waals surface area (Å²) in [6.07, 6.45) is 5.16. The summed E-state index contributed by atoms with van der Waals surface area (Å²) >= 11 is 0. The quantitative estimate of drug-likeness (QED) is 0.818. The lowest BCUT2D eigenvalue weighted by atomic mass is 9.96. The van der Waals surface area contributed by atoms with Crippen molar-refractivity contribution in [1.82, 2.24) is 19.6 Å². The predicted octanol–water partition coefficient (Wildman–Crippen LogP) is 0.717. The Morgan fingerprint density at radius 3 is 2.52 bits per heavy atom. The molecule has 2 fully saturated rings. The van der Waals surface area contributed by atoms with Crippen molar-refractivity contribution in [2.75, 3.05) is 45.1 Å². The van der Waals surface area contributed by atoms with Gasteiger partial charge in [-0.15, -0.1) is 0 Å². The van der Waals surface area contributed by atoms with E-state index in [9.17, 15) is 9.90 Å². The van der Waals surface area contributed by atoms with Crippen LogP contribution in [0.2, 0.25) is 0 Å². The molecule has 2 aliphatic heterocycles. The van der Waals surface area contributed by atoms with Gasteiger partial charge in [-0.3, -0.25) is 4.79 Å². The number of aliphatic hydroxyl groups excluding tert-OH is 1. The Kier molecular flexibility index (Phi) is 5.96. The van der Waals surface area contributed by atoms with Crippen LogP contribution in [0.1, 0.15) is 31.4 Å². The number of carbonyl (C=O) groups is 1. The smallest absolute Gasteiger partial charge is 0.244 e. The number of nitrogen functional groups attached to an aromatic ring is 1. The van der Waals surface area contributed by atoms with Gasteiger partial charge in [0.05, 0.1) is 5.69 Å². The zero-order valence-electron chi connectivity index (χ0n) is 15.2. The van der Waals surface area contributed by atoms with Gasteiger partial charge in [-0.1, -0.05) is 12.8 Å². The number of aryl methyl sites for hydroxylation is 1. The largest absolute Gasteiger partial charge is 0.396 e. The van der Waals surface area contributed by atoms with E-state index >= 15 is 0 Å². The van der Waals surface area contributed by atoms with Crippen molar-refractivity contribution in [2.45, 2.75) is 39.2 Å². The molecule has 2 aliphatic rings. The maximum Gasteiger partial charge on any atom is 0.244 e. The van der Waals surface area contributed by atoms with Crippen molar-refractivity contribution in [3.63, 3.8) is 0 Å². The predicted molar refractivity (Wildman–Crippen MR) is 96.9 cm³/mol. The molecule has 3 heterocycles. The molecule has 0 spiro atoms. The van der Waals surface area contributed by atoms with E-state index in [0.717, 1.165) is 31.9 Å². The number of hydrogen-bond donors (Lipinski definition) is 2. The minimum atomic E-state index is 0.0339. The van der Waals surface area contributed by atoms with Gasteiger partial charge in [-0.05, 0) is 38.8 Å². The van der Waals surface area contributed by atoms with Crippen LogP contribution in [0.4, 0.5) is 5.82 Å². The molecule has 7 heteroatoms. The number of aromatic nitrogens is 2. The third-order valence-electron chi connectivity index (χ3n) is 5.57. The Balaban J connectivity index is 1.58. The van der Waals surface area contributed by atoms with Gasteiger partial charge in [0.15, 0.2) is 0 Å². The molecule has 0 saturated carbocycles. The summed E-state index contributed by atoms with van der Waals surface area (Å²) in [7, 11) is 0.